The summed E-state index contributed by atoms with van der Waals surface area (Å²) in [5, 5.41) is 12.3. The van der Waals surface area contributed by atoms with Crippen molar-refractivity contribution in [2.75, 3.05) is 13.1 Å². The van der Waals surface area contributed by atoms with E-state index >= 15 is 0 Å². The van der Waals surface area contributed by atoms with Gasteiger partial charge in [0, 0.05) is 12.6 Å². The predicted molar refractivity (Wildman–Crippen MR) is 78.9 cm³/mol. The summed E-state index contributed by atoms with van der Waals surface area (Å²) in [6, 6.07) is 0.406. The highest BCUT2D eigenvalue weighted by Gasteiger charge is 2.45. The van der Waals surface area contributed by atoms with Crippen molar-refractivity contribution in [2.45, 2.75) is 69.4 Å². The van der Waals surface area contributed by atoms with Crippen LogP contribution in [-0.2, 0) is 9.59 Å². The Kier molecular flexibility index (Phi) is 4.20. The monoisotopic (exact) mass is 294 g/mol. The lowest BCUT2D eigenvalue weighted by Gasteiger charge is -2.45. The van der Waals surface area contributed by atoms with Crippen LogP contribution >= 0.6 is 0 Å². The van der Waals surface area contributed by atoms with Gasteiger partial charge in [-0.1, -0.05) is 12.8 Å². The van der Waals surface area contributed by atoms with Crippen LogP contribution in [0.25, 0.3) is 0 Å². The topological polar surface area (TPSA) is 69.6 Å². The van der Waals surface area contributed by atoms with Crippen LogP contribution in [0.4, 0.5) is 0 Å². The molecule has 0 aromatic carbocycles. The van der Waals surface area contributed by atoms with Crippen LogP contribution in [0.5, 0.6) is 0 Å². The van der Waals surface area contributed by atoms with Crippen molar-refractivity contribution in [1.29, 1.82) is 0 Å². The maximum absolute atomic E-state index is 12.5. The molecule has 5 heteroatoms. The number of piperidine rings is 1. The molecule has 118 valence electrons. The summed E-state index contributed by atoms with van der Waals surface area (Å²) in [5.41, 5.74) is -0.836. The van der Waals surface area contributed by atoms with Crippen molar-refractivity contribution in [3.05, 3.63) is 0 Å². The molecule has 5 nitrogen and oxygen atoms in total. The molecule has 1 saturated heterocycles. The van der Waals surface area contributed by atoms with Crippen LogP contribution in [0.15, 0.2) is 0 Å². The summed E-state index contributed by atoms with van der Waals surface area (Å²) < 4.78 is 0. The lowest BCUT2D eigenvalue weighted by Crippen LogP contribution is -2.60. The van der Waals surface area contributed by atoms with Crippen molar-refractivity contribution in [3.8, 4) is 0 Å². The van der Waals surface area contributed by atoms with Gasteiger partial charge in [-0.05, 0) is 50.9 Å². The minimum absolute atomic E-state index is 0.0964. The highest BCUT2D eigenvalue weighted by atomic mass is 16.4. The van der Waals surface area contributed by atoms with Crippen molar-refractivity contribution in [2.24, 2.45) is 5.92 Å². The molecule has 0 radical (unpaired) electrons. The normalized spacial score (nSPS) is 31.1. The lowest BCUT2D eigenvalue weighted by atomic mass is 9.76. The fourth-order valence-corrected chi connectivity index (χ4v) is 4.28. The number of carbonyl (C=O) groups excluding carboxylic acids is 1. The molecule has 2 aliphatic carbocycles. The molecule has 1 amide bonds. The van der Waals surface area contributed by atoms with Gasteiger partial charge in [0.15, 0.2) is 0 Å². The summed E-state index contributed by atoms with van der Waals surface area (Å²) in [5.74, 6) is -0.0385. The third kappa shape index (κ3) is 2.80. The predicted octanol–water partition coefficient (Wildman–Crippen LogP) is 1.76. The first-order valence-corrected chi connectivity index (χ1v) is 8.40. The molecular weight excluding hydrogens is 268 g/mol. The number of carboxylic acids is 1. The van der Waals surface area contributed by atoms with Gasteiger partial charge in [-0.2, -0.15) is 0 Å². The fourth-order valence-electron chi connectivity index (χ4n) is 4.28. The Labute approximate surface area is 126 Å². The number of amides is 1. The first kappa shape index (κ1) is 14.8. The molecule has 0 bridgehead atoms. The highest BCUT2D eigenvalue weighted by Crippen LogP contribution is 2.35. The Morgan fingerprint density at radius 1 is 1.10 bits per heavy atom. The summed E-state index contributed by atoms with van der Waals surface area (Å²) in [7, 11) is 0. The van der Waals surface area contributed by atoms with Crippen molar-refractivity contribution >= 4 is 11.9 Å². The Balaban J connectivity index is 1.58. The second-order valence-electron chi connectivity index (χ2n) is 6.94. The van der Waals surface area contributed by atoms with Gasteiger partial charge in [0.2, 0.25) is 5.91 Å². The highest BCUT2D eigenvalue weighted by molar-refractivity contribution is 5.83. The molecule has 2 unspecified atom stereocenters. The number of rotatable bonds is 4. The molecule has 0 aromatic heterocycles. The minimum Gasteiger partial charge on any atom is -0.480 e. The van der Waals surface area contributed by atoms with Gasteiger partial charge in [0.05, 0.1) is 6.54 Å². The van der Waals surface area contributed by atoms with E-state index in [4.69, 9.17) is 0 Å². The Morgan fingerprint density at radius 2 is 1.81 bits per heavy atom. The van der Waals surface area contributed by atoms with E-state index in [0.29, 0.717) is 24.8 Å². The number of fused-ring (bicyclic) bond motifs is 1. The standard InChI is InChI=1S/C16H26N2O3/c19-14(11-17-16(15(20)21)8-4-9-16)18-10-3-6-12-5-1-2-7-13(12)18/h12-13,17H,1-11H2,(H,20,21). The molecule has 2 N–H and O–H groups in total. The summed E-state index contributed by atoms with van der Waals surface area (Å²) >= 11 is 0. The molecule has 3 fully saturated rings. The number of carbonyl (C=O) groups is 2. The van der Waals surface area contributed by atoms with Crippen LogP contribution < -0.4 is 5.32 Å². The summed E-state index contributed by atoms with van der Waals surface area (Å²) in [6.45, 7) is 1.03. The first-order chi connectivity index (χ1) is 10.1. The van der Waals surface area contributed by atoms with Crippen LogP contribution in [0.3, 0.4) is 0 Å². The van der Waals surface area contributed by atoms with Gasteiger partial charge >= 0.3 is 5.97 Å². The number of carboxylic acid groups (broad SMARTS) is 1. The van der Waals surface area contributed by atoms with E-state index in [1.165, 1.54) is 25.7 Å². The second-order valence-corrected chi connectivity index (χ2v) is 6.94. The Morgan fingerprint density at radius 3 is 2.48 bits per heavy atom. The molecule has 2 atom stereocenters. The number of hydrogen-bond acceptors (Lipinski definition) is 3. The lowest BCUT2D eigenvalue weighted by molar-refractivity contribution is -0.149. The Bertz CT molecular complexity index is 418. The zero-order valence-electron chi connectivity index (χ0n) is 12.6. The first-order valence-electron chi connectivity index (χ1n) is 8.40. The van der Waals surface area contributed by atoms with E-state index in [2.05, 4.69) is 5.32 Å². The number of aliphatic carboxylic acids is 1. The van der Waals surface area contributed by atoms with E-state index < -0.39 is 11.5 Å². The third-order valence-corrected chi connectivity index (χ3v) is 5.76. The van der Waals surface area contributed by atoms with Crippen molar-refractivity contribution < 1.29 is 14.7 Å². The molecule has 3 rings (SSSR count). The zero-order valence-corrected chi connectivity index (χ0v) is 12.6. The Hall–Kier alpha value is -1.10. The quantitative estimate of drug-likeness (QED) is 0.829. The molecule has 0 aromatic rings. The van der Waals surface area contributed by atoms with Crippen molar-refractivity contribution in [1.82, 2.24) is 10.2 Å². The fraction of sp³-hybridized carbons (Fsp3) is 0.875. The van der Waals surface area contributed by atoms with Gasteiger partial charge < -0.3 is 10.0 Å². The van der Waals surface area contributed by atoms with E-state index in [0.717, 1.165) is 25.8 Å². The number of nitrogens with zero attached hydrogens (tertiary/aromatic N) is 1. The van der Waals surface area contributed by atoms with Gasteiger partial charge in [-0.25, -0.2) is 0 Å². The van der Waals surface area contributed by atoms with Gasteiger partial charge in [-0.15, -0.1) is 0 Å². The molecule has 1 heterocycles. The molecule has 3 aliphatic rings. The average Bonchev–Trinajstić information content (AvgIpc) is 2.45. The maximum Gasteiger partial charge on any atom is 0.323 e. The number of likely N-dealkylation sites (tertiary alicyclic amines) is 1. The molecule has 2 saturated carbocycles. The summed E-state index contributed by atoms with van der Waals surface area (Å²) in [4.78, 5) is 25.9. The molecule has 21 heavy (non-hydrogen) atoms. The van der Waals surface area contributed by atoms with E-state index in [9.17, 15) is 14.7 Å². The zero-order chi connectivity index (χ0) is 14.9. The van der Waals surface area contributed by atoms with Gasteiger partial charge in [0.1, 0.15) is 5.54 Å². The maximum atomic E-state index is 12.5. The smallest absolute Gasteiger partial charge is 0.323 e. The number of hydrogen-bond donors (Lipinski definition) is 2. The molecular formula is C16H26N2O3. The van der Waals surface area contributed by atoms with E-state index in [-0.39, 0.29) is 12.5 Å². The SMILES string of the molecule is O=C(CNC1(C(=O)O)CCC1)N1CCCC2CCCCC21. The average molecular weight is 294 g/mol. The largest absolute Gasteiger partial charge is 0.480 e. The molecule has 0 spiro atoms. The third-order valence-electron chi connectivity index (χ3n) is 5.76. The van der Waals surface area contributed by atoms with Crippen molar-refractivity contribution in [3.63, 3.8) is 0 Å². The molecule has 1 aliphatic heterocycles. The van der Waals surface area contributed by atoms with Crippen LogP contribution in [0, 0.1) is 5.92 Å². The van der Waals surface area contributed by atoms with Crippen LogP contribution in [0.1, 0.15) is 57.8 Å². The minimum atomic E-state index is -0.836. The van der Waals surface area contributed by atoms with Crippen LogP contribution in [-0.4, -0.2) is 46.6 Å². The number of nitrogens with one attached hydrogen (secondary N) is 1. The van der Waals surface area contributed by atoms with Gasteiger partial charge in [0.25, 0.3) is 0 Å². The van der Waals surface area contributed by atoms with E-state index in [1.54, 1.807) is 0 Å². The van der Waals surface area contributed by atoms with Gasteiger partial charge in [-0.3, -0.25) is 14.9 Å². The van der Waals surface area contributed by atoms with E-state index in [1.807, 2.05) is 4.90 Å². The van der Waals surface area contributed by atoms with Crippen LogP contribution in [0.2, 0.25) is 0 Å². The summed E-state index contributed by atoms with van der Waals surface area (Å²) in [6.07, 6.45) is 9.45. The second kappa shape index (κ2) is 5.95.